The first kappa shape index (κ1) is 22.5. The molecule has 0 radical (unpaired) electrons. The minimum atomic E-state index is -2.40. The van der Waals surface area contributed by atoms with Crippen LogP contribution in [0.4, 0.5) is 16.0 Å². The molecule has 1 aromatic heterocycles. The third kappa shape index (κ3) is 4.05. The van der Waals surface area contributed by atoms with E-state index in [1.807, 2.05) is 34.1 Å². The monoisotopic (exact) mass is 487 g/mol. The van der Waals surface area contributed by atoms with E-state index in [1.54, 1.807) is 19.5 Å². The maximum atomic E-state index is 13.5. The van der Waals surface area contributed by atoms with Crippen LogP contribution in [0.2, 0.25) is 0 Å². The topological polar surface area (TPSA) is 120 Å². The van der Waals surface area contributed by atoms with E-state index in [-0.39, 0.29) is 11.9 Å². The largest absolute Gasteiger partial charge is 0.366 e. The van der Waals surface area contributed by atoms with Gasteiger partial charge in [0.25, 0.3) is 0 Å². The van der Waals surface area contributed by atoms with Gasteiger partial charge in [-0.3, -0.25) is 15.2 Å². The first-order chi connectivity index (χ1) is 16.5. The lowest BCUT2D eigenvalue weighted by molar-refractivity contribution is -0.117. The van der Waals surface area contributed by atoms with Gasteiger partial charge in [-0.1, -0.05) is 6.07 Å². The van der Waals surface area contributed by atoms with Gasteiger partial charge in [-0.15, -0.1) is 10.2 Å². The summed E-state index contributed by atoms with van der Waals surface area (Å²) in [6.07, 6.45) is 3.13. The molecule has 0 saturated carbocycles. The number of hydrazone groups is 1. The van der Waals surface area contributed by atoms with Gasteiger partial charge in [0.15, 0.2) is 5.17 Å². The highest BCUT2D eigenvalue weighted by atomic mass is 32.3. The van der Waals surface area contributed by atoms with Crippen molar-refractivity contribution < 1.29 is 13.4 Å². The molecule has 3 aliphatic rings. The zero-order valence-electron chi connectivity index (χ0n) is 18.9. The van der Waals surface area contributed by atoms with Gasteiger partial charge in [-0.25, -0.2) is 9.37 Å². The second-order valence-electron chi connectivity index (χ2n) is 8.20. The van der Waals surface area contributed by atoms with Crippen LogP contribution in [-0.4, -0.2) is 76.9 Å². The summed E-state index contributed by atoms with van der Waals surface area (Å²) in [4.78, 5) is 26.1. The van der Waals surface area contributed by atoms with E-state index in [4.69, 9.17) is 9.18 Å². The molecule has 11 nitrogen and oxygen atoms in total. The number of nitrogens with one attached hydrogen (secondary N) is 2. The van der Waals surface area contributed by atoms with Crippen LogP contribution in [0.15, 0.2) is 51.6 Å². The predicted molar refractivity (Wildman–Crippen MR) is 129 cm³/mol. The Labute approximate surface area is 198 Å². The summed E-state index contributed by atoms with van der Waals surface area (Å²) in [5.74, 6) is 0.314. The van der Waals surface area contributed by atoms with Crippen molar-refractivity contribution in [3.63, 3.8) is 0 Å². The van der Waals surface area contributed by atoms with E-state index in [0.29, 0.717) is 35.9 Å². The first-order valence-electron chi connectivity index (χ1n) is 11.0. The molecule has 2 N–H and O–H groups in total. The van der Waals surface area contributed by atoms with E-state index >= 15 is 0 Å². The Morgan fingerprint density at radius 3 is 2.85 bits per heavy atom. The molecule has 2 atom stereocenters. The second-order valence-corrected chi connectivity index (χ2v) is 10.9. The predicted octanol–water partition coefficient (Wildman–Crippen LogP) is 1.40. The molecule has 5 rings (SSSR count). The minimum absolute atomic E-state index is 0.0499. The van der Waals surface area contributed by atoms with Gasteiger partial charge >= 0.3 is 0 Å². The maximum absolute atomic E-state index is 13.5. The summed E-state index contributed by atoms with van der Waals surface area (Å²) in [5.41, 5.74) is 3.91. The fourth-order valence-electron chi connectivity index (χ4n) is 4.22. The average Bonchev–Trinajstić information content (AvgIpc) is 3.43. The third-order valence-electron chi connectivity index (χ3n) is 5.90. The van der Waals surface area contributed by atoms with Crippen LogP contribution in [0, 0.1) is 0 Å². The first-order valence-corrected chi connectivity index (χ1v) is 12.5. The third-order valence-corrected chi connectivity index (χ3v) is 8.80. The van der Waals surface area contributed by atoms with Crippen LogP contribution in [0.5, 0.6) is 0 Å². The molecule has 1 aromatic carbocycles. The Balaban J connectivity index is 1.47. The molecule has 2 fully saturated rings. The Morgan fingerprint density at radius 2 is 2.15 bits per heavy atom. The lowest BCUT2D eigenvalue weighted by atomic mass is 10.1. The molecule has 180 valence electrons. The van der Waals surface area contributed by atoms with E-state index in [9.17, 15) is 9.18 Å². The lowest BCUT2D eigenvalue weighted by Gasteiger charge is -2.38. The van der Waals surface area contributed by atoms with Crippen molar-refractivity contribution in [1.29, 1.82) is 0 Å². The quantitative estimate of drug-likeness (QED) is 0.650. The van der Waals surface area contributed by atoms with Crippen molar-refractivity contribution >= 4 is 38.2 Å². The van der Waals surface area contributed by atoms with E-state index < -0.39 is 16.5 Å². The van der Waals surface area contributed by atoms with Gasteiger partial charge in [0.2, 0.25) is 17.0 Å². The second kappa shape index (κ2) is 9.14. The van der Waals surface area contributed by atoms with Crippen LogP contribution >= 0.6 is 10.3 Å². The Morgan fingerprint density at radius 1 is 1.29 bits per heavy atom. The molecule has 2 aromatic rings. The van der Waals surface area contributed by atoms with Crippen LogP contribution in [0.1, 0.15) is 13.3 Å². The Hall–Kier alpha value is -3.32. The highest BCUT2D eigenvalue weighted by Gasteiger charge is 2.45. The highest BCUT2D eigenvalue weighted by Crippen LogP contribution is 2.60. The molecule has 1 amide bonds. The standard InChI is InChI=1S/C21H26FN9O2S/c1-14(32)25-20-28-29-21(26-16-6-9-30(13-16)19-23-7-8-24-27-19)34(20,33-2)18-5-3-4-17(10-18)31-11-15(22)12-31/h3-5,7-8,10,15-16H,6,9,11-13H2,1-2H3,(H,26,29)(H,25,28,32)/t16-/m1/s1. The van der Waals surface area contributed by atoms with Crippen molar-refractivity contribution in [3.8, 4) is 0 Å². The van der Waals surface area contributed by atoms with E-state index in [2.05, 4.69) is 31.0 Å². The van der Waals surface area contributed by atoms with Gasteiger partial charge < -0.3 is 19.3 Å². The Kier molecular flexibility index (Phi) is 6.04. The molecule has 1 unspecified atom stereocenters. The number of alkyl halides is 1. The number of nitrogens with zero attached hydrogens (tertiary/aromatic N) is 7. The van der Waals surface area contributed by atoms with Crippen molar-refractivity contribution in [3.05, 3.63) is 36.7 Å². The number of carbonyl (C=O) groups excluding carboxylic acids is 1. The normalized spacial score (nSPS) is 27.7. The number of amidine groups is 2. The van der Waals surface area contributed by atoms with Gasteiger partial charge in [0.05, 0.1) is 31.5 Å². The number of anilines is 2. The SMILES string of the molecule is COS1(c2cccc(N3CC(F)C3)c2)C(=N[C@@H]2CCN(c3nccnn3)C2)NN=C1NC(C)=O. The molecule has 13 heteroatoms. The zero-order valence-corrected chi connectivity index (χ0v) is 19.7. The van der Waals surface area contributed by atoms with Crippen molar-refractivity contribution in [2.75, 3.05) is 43.1 Å². The number of halogens is 1. The van der Waals surface area contributed by atoms with Crippen molar-refractivity contribution in [2.45, 2.75) is 30.5 Å². The van der Waals surface area contributed by atoms with Gasteiger partial charge in [-0.05, 0) is 24.6 Å². The van der Waals surface area contributed by atoms with Crippen molar-refractivity contribution in [2.24, 2.45) is 10.1 Å². The summed E-state index contributed by atoms with van der Waals surface area (Å²) in [6.45, 7) is 3.52. The van der Waals surface area contributed by atoms with E-state index in [1.165, 1.54) is 6.92 Å². The summed E-state index contributed by atoms with van der Waals surface area (Å²) in [6, 6.07) is 7.69. The van der Waals surface area contributed by atoms with Crippen LogP contribution < -0.4 is 20.5 Å². The summed E-state index contributed by atoms with van der Waals surface area (Å²) < 4.78 is 19.6. The number of aliphatic imine (C=N–C) groups is 1. The molecule has 0 bridgehead atoms. The summed E-state index contributed by atoms with van der Waals surface area (Å²) in [7, 11) is -0.813. The van der Waals surface area contributed by atoms with Gasteiger partial charge in [0.1, 0.15) is 6.17 Å². The molecule has 3 aliphatic heterocycles. The molecule has 0 aliphatic carbocycles. The number of hydrogen-bond acceptors (Lipinski definition) is 9. The molecule has 4 heterocycles. The number of carbonyl (C=O) groups is 1. The van der Waals surface area contributed by atoms with Gasteiger partial charge in [-0.2, -0.15) is 5.10 Å². The lowest BCUT2D eigenvalue weighted by Crippen LogP contribution is -2.48. The number of rotatable bonds is 5. The molecule has 2 saturated heterocycles. The molecular formula is C21H26FN9O2S. The number of amides is 1. The van der Waals surface area contributed by atoms with Crippen LogP contribution in [0.3, 0.4) is 0 Å². The van der Waals surface area contributed by atoms with Crippen molar-refractivity contribution in [1.82, 2.24) is 25.9 Å². The molecule has 34 heavy (non-hydrogen) atoms. The molecular weight excluding hydrogens is 461 g/mol. The number of benzene rings is 1. The average molecular weight is 488 g/mol. The maximum Gasteiger partial charge on any atom is 0.245 e. The molecule has 0 spiro atoms. The summed E-state index contributed by atoms with van der Waals surface area (Å²) >= 11 is 0. The summed E-state index contributed by atoms with van der Waals surface area (Å²) in [5, 5.41) is 16.2. The zero-order chi connectivity index (χ0) is 23.7. The van der Waals surface area contributed by atoms with Gasteiger partial charge in [0, 0.05) is 48.0 Å². The highest BCUT2D eigenvalue weighted by molar-refractivity contribution is 8.52. The number of hydrogen-bond donors (Lipinski definition) is 2. The number of aromatic nitrogens is 3. The van der Waals surface area contributed by atoms with Crippen LogP contribution in [0.25, 0.3) is 0 Å². The van der Waals surface area contributed by atoms with Crippen LogP contribution in [-0.2, 0) is 8.98 Å². The smallest absolute Gasteiger partial charge is 0.245 e. The fraction of sp³-hybridized carbons (Fsp3) is 0.429. The van der Waals surface area contributed by atoms with E-state index in [0.717, 1.165) is 23.5 Å². The Bertz CT molecular complexity index is 1130. The minimum Gasteiger partial charge on any atom is -0.366 e. The fourth-order valence-corrected chi connectivity index (χ4v) is 6.85.